The van der Waals surface area contributed by atoms with Crippen molar-refractivity contribution >= 4 is 0 Å². The number of benzene rings is 1. The van der Waals surface area contributed by atoms with E-state index in [4.69, 9.17) is 10.5 Å². The van der Waals surface area contributed by atoms with E-state index < -0.39 is 0 Å². The first-order chi connectivity index (χ1) is 9.42. The van der Waals surface area contributed by atoms with E-state index in [9.17, 15) is 4.39 Å². The van der Waals surface area contributed by atoms with Gasteiger partial charge in [-0.2, -0.15) is 0 Å². The van der Waals surface area contributed by atoms with Gasteiger partial charge in [0.2, 0.25) is 0 Å². The Hall–Kier alpha value is -1.09. The summed E-state index contributed by atoms with van der Waals surface area (Å²) >= 11 is 0. The maximum Gasteiger partial charge on any atom is 0.123 e. The van der Waals surface area contributed by atoms with Crippen LogP contribution in [0.15, 0.2) is 24.3 Å². The highest BCUT2D eigenvalue weighted by Gasteiger charge is 2.36. The number of ether oxygens (including phenoxy) is 1. The second-order valence-corrected chi connectivity index (χ2v) is 6.63. The predicted molar refractivity (Wildman–Crippen MR) is 80.2 cm³/mol. The molecular formula is C17H26FNO. The molecule has 3 unspecified atom stereocenters. The van der Waals surface area contributed by atoms with Crippen molar-refractivity contribution in [1.82, 2.24) is 0 Å². The van der Waals surface area contributed by atoms with Crippen molar-refractivity contribution < 1.29 is 9.13 Å². The van der Waals surface area contributed by atoms with E-state index in [1.165, 1.54) is 18.6 Å². The monoisotopic (exact) mass is 279 g/mol. The highest BCUT2D eigenvalue weighted by Crippen LogP contribution is 2.41. The molecule has 3 atom stereocenters. The van der Waals surface area contributed by atoms with Crippen LogP contribution in [0.1, 0.15) is 46.5 Å². The SMILES string of the molecule is CCC(C)(C)C1CCC(N)C(Oc2ccc(F)cc2)C1. The van der Waals surface area contributed by atoms with Crippen LogP contribution in [0.4, 0.5) is 4.39 Å². The van der Waals surface area contributed by atoms with Gasteiger partial charge in [-0.1, -0.05) is 27.2 Å². The Labute approximate surface area is 121 Å². The van der Waals surface area contributed by atoms with Gasteiger partial charge >= 0.3 is 0 Å². The largest absolute Gasteiger partial charge is 0.489 e. The Balaban J connectivity index is 2.04. The summed E-state index contributed by atoms with van der Waals surface area (Å²) in [6, 6.07) is 6.28. The second-order valence-electron chi connectivity index (χ2n) is 6.63. The number of hydrogen-bond donors (Lipinski definition) is 1. The van der Waals surface area contributed by atoms with Crippen molar-refractivity contribution in [3.63, 3.8) is 0 Å². The standard InChI is InChI=1S/C17H26FNO/c1-4-17(2,3)12-5-10-15(19)16(11-12)20-14-8-6-13(18)7-9-14/h6-9,12,15-16H,4-5,10-11,19H2,1-3H3. The molecule has 2 nitrogen and oxygen atoms in total. The molecule has 112 valence electrons. The molecule has 3 heteroatoms. The molecule has 20 heavy (non-hydrogen) atoms. The summed E-state index contributed by atoms with van der Waals surface area (Å²) in [6.45, 7) is 6.89. The Kier molecular flexibility index (Phi) is 4.69. The molecule has 1 fully saturated rings. The van der Waals surface area contributed by atoms with E-state index in [0.717, 1.165) is 19.3 Å². The Bertz CT molecular complexity index is 429. The zero-order chi connectivity index (χ0) is 14.8. The first kappa shape index (κ1) is 15.3. The van der Waals surface area contributed by atoms with Gasteiger partial charge in [0.1, 0.15) is 17.7 Å². The minimum Gasteiger partial charge on any atom is -0.489 e. The van der Waals surface area contributed by atoms with Crippen molar-refractivity contribution in [3.8, 4) is 5.75 Å². The lowest BCUT2D eigenvalue weighted by Gasteiger charge is -2.41. The molecule has 0 saturated heterocycles. The van der Waals surface area contributed by atoms with E-state index in [1.807, 2.05) is 0 Å². The van der Waals surface area contributed by atoms with Crippen LogP contribution in [0.25, 0.3) is 0 Å². The van der Waals surface area contributed by atoms with Crippen molar-refractivity contribution in [2.75, 3.05) is 0 Å². The molecule has 0 aromatic heterocycles. The minimum atomic E-state index is -0.240. The summed E-state index contributed by atoms with van der Waals surface area (Å²) in [5.74, 6) is 1.11. The van der Waals surface area contributed by atoms with E-state index in [-0.39, 0.29) is 18.0 Å². The summed E-state index contributed by atoms with van der Waals surface area (Å²) < 4.78 is 18.9. The lowest BCUT2D eigenvalue weighted by Crippen LogP contribution is -2.46. The van der Waals surface area contributed by atoms with Gasteiger partial charge in [0.05, 0.1) is 0 Å². The van der Waals surface area contributed by atoms with Crippen LogP contribution in [0.3, 0.4) is 0 Å². The van der Waals surface area contributed by atoms with E-state index >= 15 is 0 Å². The molecule has 1 saturated carbocycles. The highest BCUT2D eigenvalue weighted by molar-refractivity contribution is 5.22. The van der Waals surface area contributed by atoms with Gasteiger partial charge in [-0.15, -0.1) is 0 Å². The van der Waals surface area contributed by atoms with Crippen LogP contribution in [0.5, 0.6) is 5.75 Å². The smallest absolute Gasteiger partial charge is 0.123 e. The second kappa shape index (κ2) is 6.13. The van der Waals surface area contributed by atoms with Gasteiger partial charge < -0.3 is 10.5 Å². The zero-order valence-electron chi connectivity index (χ0n) is 12.7. The molecule has 0 aliphatic heterocycles. The third-order valence-corrected chi connectivity index (χ3v) is 4.96. The van der Waals surface area contributed by atoms with Crippen molar-refractivity contribution in [3.05, 3.63) is 30.1 Å². The summed E-state index contributed by atoms with van der Waals surface area (Å²) in [5, 5.41) is 0. The maximum atomic E-state index is 12.9. The van der Waals surface area contributed by atoms with Crippen molar-refractivity contribution in [2.24, 2.45) is 17.1 Å². The lowest BCUT2D eigenvalue weighted by atomic mass is 9.68. The van der Waals surface area contributed by atoms with Gasteiger partial charge in [-0.25, -0.2) is 4.39 Å². The number of halogens is 1. The van der Waals surface area contributed by atoms with Gasteiger partial charge in [0.25, 0.3) is 0 Å². The van der Waals surface area contributed by atoms with E-state index in [0.29, 0.717) is 17.1 Å². The summed E-state index contributed by atoms with van der Waals surface area (Å²) in [6.07, 6.45) is 4.35. The third kappa shape index (κ3) is 3.51. The fraction of sp³-hybridized carbons (Fsp3) is 0.647. The Morgan fingerprint density at radius 3 is 2.50 bits per heavy atom. The quantitative estimate of drug-likeness (QED) is 0.899. The van der Waals surface area contributed by atoms with Crippen molar-refractivity contribution in [1.29, 1.82) is 0 Å². The summed E-state index contributed by atoms with van der Waals surface area (Å²) in [5.41, 5.74) is 6.53. The topological polar surface area (TPSA) is 35.2 Å². The molecule has 0 bridgehead atoms. The number of rotatable bonds is 4. The zero-order valence-corrected chi connectivity index (χ0v) is 12.7. The normalized spacial score (nSPS) is 27.4. The molecule has 0 spiro atoms. The fourth-order valence-electron chi connectivity index (χ4n) is 2.97. The lowest BCUT2D eigenvalue weighted by molar-refractivity contribution is 0.0501. The molecular weight excluding hydrogens is 253 g/mol. The Morgan fingerprint density at radius 2 is 1.90 bits per heavy atom. The van der Waals surface area contributed by atoms with Crippen LogP contribution in [0, 0.1) is 17.2 Å². The number of nitrogens with two attached hydrogens (primary N) is 1. The molecule has 1 aromatic rings. The van der Waals surface area contributed by atoms with Crippen LogP contribution >= 0.6 is 0 Å². The predicted octanol–water partition coefficient (Wildman–Crippen LogP) is 4.14. The first-order valence-electron chi connectivity index (χ1n) is 7.60. The van der Waals surface area contributed by atoms with Gasteiger partial charge in [-0.05, 0) is 54.9 Å². The average Bonchev–Trinajstić information content (AvgIpc) is 2.43. The molecule has 1 aliphatic rings. The molecule has 1 aromatic carbocycles. The molecule has 2 N–H and O–H groups in total. The van der Waals surface area contributed by atoms with Crippen molar-refractivity contribution in [2.45, 2.75) is 58.6 Å². The van der Waals surface area contributed by atoms with E-state index in [1.54, 1.807) is 12.1 Å². The van der Waals surface area contributed by atoms with Gasteiger partial charge in [0.15, 0.2) is 0 Å². The molecule has 0 radical (unpaired) electrons. The highest BCUT2D eigenvalue weighted by atomic mass is 19.1. The van der Waals surface area contributed by atoms with Crippen LogP contribution < -0.4 is 10.5 Å². The molecule has 0 heterocycles. The Morgan fingerprint density at radius 1 is 1.25 bits per heavy atom. The molecule has 2 rings (SSSR count). The molecule has 1 aliphatic carbocycles. The van der Waals surface area contributed by atoms with Gasteiger partial charge in [0, 0.05) is 6.04 Å². The van der Waals surface area contributed by atoms with E-state index in [2.05, 4.69) is 20.8 Å². The fourth-order valence-corrected chi connectivity index (χ4v) is 2.97. The summed E-state index contributed by atoms with van der Waals surface area (Å²) in [4.78, 5) is 0. The maximum absolute atomic E-state index is 12.9. The van der Waals surface area contributed by atoms with Crippen LogP contribution in [0.2, 0.25) is 0 Å². The summed E-state index contributed by atoms with van der Waals surface area (Å²) in [7, 11) is 0. The molecule has 0 amide bonds. The first-order valence-corrected chi connectivity index (χ1v) is 7.60. The average molecular weight is 279 g/mol. The number of hydrogen-bond acceptors (Lipinski definition) is 2. The van der Waals surface area contributed by atoms with Crippen LogP contribution in [-0.4, -0.2) is 12.1 Å². The van der Waals surface area contributed by atoms with Gasteiger partial charge in [-0.3, -0.25) is 0 Å². The van der Waals surface area contributed by atoms with Crippen LogP contribution in [-0.2, 0) is 0 Å². The minimum absolute atomic E-state index is 0.0324. The third-order valence-electron chi connectivity index (χ3n) is 4.96.